The first-order valence-electron chi connectivity index (χ1n) is 4.86. The van der Waals surface area contributed by atoms with Gasteiger partial charge in [-0.25, -0.2) is 4.79 Å². The Hall–Kier alpha value is -1.86. The molecule has 4 nitrogen and oxygen atoms in total. The third kappa shape index (κ3) is 3.37. The van der Waals surface area contributed by atoms with E-state index < -0.39 is 12.1 Å². The van der Waals surface area contributed by atoms with E-state index in [1.54, 1.807) is 25.3 Å². The van der Waals surface area contributed by atoms with E-state index in [0.29, 0.717) is 12.2 Å². The Bertz CT molecular complexity index is 409. The van der Waals surface area contributed by atoms with Crippen LogP contribution < -0.4 is 0 Å². The first-order chi connectivity index (χ1) is 7.67. The van der Waals surface area contributed by atoms with Crippen LogP contribution in [0.15, 0.2) is 24.3 Å². The number of methoxy groups -OCH3 is 1. The minimum atomic E-state index is -0.737. The number of hydrogen-bond donors (Lipinski definition) is 0. The molecule has 0 saturated carbocycles. The zero-order chi connectivity index (χ0) is 12.0. The summed E-state index contributed by atoms with van der Waals surface area (Å²) < 4.78 is 9.84. The molecule has 4 heteroatoms. The second-order valence-electron chi connectivity index (χ2n) is 3.31. The summed E-state index contributed by atoms with van der Waals surface area (Å²) in [5.74, 6) is -0.494. The number of nitrogens with zero attached hydrogens (tertiary/aromatic N) is 1. The second kappa shape index (κ2) is 5.89. The molecule has 84 valence electrons. The predicted molar refractivity (Wildman–Crippen MR) is 57.6 cm³/mol. The van der Waals surface area contributed by atoms with Gasteiger partial charge in [0.05, 0.1) is 12.2 Å². The van der Waals surface area contributed by atoms with Gasteiger partial charge in [0.25, 0.3) is 0 Å². The molecule has 0 aliphatic rings. The van der Waals surface area contributed by atoms with Crippen LogP contribution in [0.4, 0.5) is 0 Å². The maximum Gasteiger partial charge on any atom is 0.339 e. The van der Waals surface area contributed by atoms with Crippen LogP contribution in [0.5, 0.6) is 0 Å². The van der Waals surface area contributed by atoms with Gasteiger partial charge in [-0.15, -0.1) is 0 Å². The maximum atomic E-state index is 11.6. The van der Waals surface area contributed by atoms with Crippen molar-refractivity contribution in [2.75, 3.05) is 7.11 Å². The SMILES string of the molecule is COCc1cccc(C(=O)OC(C)C#N)c1. The van der Waals surface area contributed by atoms with E-state index in [0.717, 1.165) is 5.56 Å². The quantitative estimate of drug-likeness (QED) is 0.726. The Kier molecular flexibility index (Phi) is 4.49. The molecule has 0 spiro atoms. The summed E-state index contributed by atoms with van der Waals surface area (Å²) in [6, 6.07) is 8.78. The van der Waals surface area contributed by atoms with E-state index in [2.05, 4.69) is 0 Å². The molecule has 0 aliphatic heterocycles. The molecule has 1 rings (SSSR count). The summed E-state index contributed by atoms with van der Waals surface area (Å²) >= 11 is 0. The normalized spacial score (nSPS) is 11.6. The van der Waals surface area contributed by atoms with Crippen LogP contribution in [0, 0.1) is 11.3 Å². The van der Waals surface area contributed by atoms with E-state index in [1.165, 1.54) is 6.92 Å². The van der Waals surface area contributed by atoms with E-state index in [1.807, 2.05) is 12.1 Å². The molecule has 0 N–H and O–H groups in total. The molecule has 0 saturated heterocycles. The average Bonchev–Trinajstić information content (AvgIpc) is 2.29. The number of benzene rings is 1. The van der Waals surface area contributed by atoms with Gasteiger partial charge in [0.1, 0.15) is 6.07 Å². The van der Waals surface area contributed by atoms with Gasteiger partial charge in [0.2, 0.25) is 0 Å². The van der Waals surface area contributed by atoms with Crippen LogP contribution >= 0.6 is 0 Å². The molecule has 0 bridgehead atoms. The van der Waals surface area contributed by atoms with Crippen LogP contribution in [0.25, 0.3) is 0 Å². The summed E-state index contributed by atoms with van der Waals surface area (Å²) in [4.78, 5) is 11.6. The lowest BCUT2D eigenvalue weighted by Crippen LogP contribution is -2.13. The highest BCUT2D eigenvalue weighted by Crippen LogP contribution is 2.08. The van der Waals surface area contributed by atoms with E-state index in [9.17, 15) is 4.79 Å². The number of carbonyl (C=O) groups is 1. The van der Waals surface area contributed by atoms with Crippen LogP contribution in [-0.4, -0.2) is 19.2 Å². The molecule has 0 radical (unpaired) electrons. The van der Waals surface area contributed by atoms with Gasteiger partial charge in [-0.05, 0) is 24.6 Å². The van der Waals surface area contributed by atoms with Gasteiger partial charge in [-0.3, -0.25) is 0 Å². The van der Waals surface area contributed by atoms with Crippen molar-refractivity contribution in [2.24, 2.45) is 0 Å². The number of carbonyl (C=O) groups excluding carboxylic acids is 1. The van der Waals surface area contributed by atoms with Gasteiger partial charge in [-0.1, -0.05) is 12.1 Å². The Labute approximate surface area is 94.4 Å². The highest BCUT2D eigenvalue weighted by atomic mass is 16.5. The second-order valence-corrected chi connectivity index (χ2v) is 3.31. The Morgan fingerprint density at radius 2 is 2.31 bits per heavy atom. The summed E-state index contributed by atoms with van der Waals surface area (Å²) in [5.41, 5.74) is 1.32. The van der Waals surface area contributed by atoms with Gasteiger partial charge < -0.3 is 9.47 Å². The van der Waals surface area contributed by atoms with Crippen molar-refractivity contribution in [3.05, 3.63) is 35.4 Å². The smallest absolute Gasteiger partial charge is 0.339 e. The Morgan fingerprint density at radius 3 is 2.94 bits per heavy atom. The number of nitriles is 1. The molecule has 0 fully saturated rings. The number of esters is 1. The van der Waals surface area contributed by atoms with Gasteiger partial charge >= 0.3 is 5.97 Å². The zero-order valence-corrected chi connectivity index (χ0v) is 9.27. The molecule has 0 aliphatic carbocycles. The molecular weight excluding hydrogens is 206 g/mol. The fraction of sp³-hybridized carbons (Fsp3) is 0.333. The first kappa shape index (κ1) is 12.2. The lowest BCUT2D eigenvalue weighted by Gasteiger charge is -2.07. The highest BCUT2D eigenvalue weighted by Gasteiger charge is 2.11. The summed E-state index contributed by atoms with van der Waals surface area (Å²) in [7, 11) is 1.59. The zero-order valence-electron chi connectivity index (χ0n) is 9.27. The molecular formula is C12H13NO3. The van der Waals surface area contributed by atoms with Crippen LogP contribution in [0.2, 0.25) is 0 Å². The molecule has 16 heavy (non-hydrogen) atoms. The Morgan fingerprint density at radius 1 is 1.56 bits per heavy atom. The van der Waals surface area contributed by atoms with Gasteiger partial charge in [0, 0.05) is 7.11 Å². The minimum Gasteiger partial charge on any atom is -0.444 e. The van der Waals surface area contributed by atoms with Crippen LogP contribution in [0.1, 0.15) is 22.8 Å². The molecule has 1 atom stereocenters. The summed E-state index contributed by atoms with van der Waals surface area (Å²) in [6.45, 7) is 1.96. The largest absolute Gasteiger partial charge is 0.444 e. The number of rotatable bonds is 4. The summed E-state index contributed by atoms with van der Waals surface area (Å²) in [6.07, 6.45) is -0.737. The van der Waals surface area contributed by atoms with Crippen molar-refractivity contribution in [3.8, 4) is 6.07 Å². The van der Waals surface area contributed by atoms with Crippen molar-refractivity contribution in [2.45, 2.75) is 19.6 Å². The minimum absolute atomic E-state index is 0.427. The molecule has 0 amide bonds. The van der Waals surface area contributed by atoms with Crippen molar-refractivity contribution in [1.82, 2.24) is 0 Å². The topological polar surface area (TPSA) is 59.3 Å². The average molecular weight is 219 g/mol. The molecule has 0 heterocycles. The molecule has 1 unspecified atom stereocenters. The van der Waals surface area contributed by atoms with Gasteiger partial charge in [0.15, 0.2) is 6.10 Å². The third-order valence-electron chi connectivity index (χ3n) is 1.94. The number of ether oxygens (including phenoxy) is 2. The molecule has 0 aromatic heterocycles. The lowest BCUT2D eigenvalue weighted by atomic mass is 10.1. The molecule has 1 aromatic carbocycles. The van der Waals surface area contributed by atoms with Crippen LogP contribution in [0.3, 0.4) is 0 Å². The van der Waals surface area contributed by atoms with Crippen molar-refractivity contribution in [3.63, 3.8) is 0 Å². The monoisotopic (exact) mass is 219 g/mol. The lowest BCUT2D eigenvalue weighted by molar-refractivity contribution is 0.0435. The van der Waals surface area contributed by atoms with Crippen LogP contribution in [-0.2, 0) is 16.1 Å². The standard InChI is InChI=1S/C12H13NO3/c1-9(7-13)16-12(14)11-5-3-4-10(6-11)8-15-2/h3-6,9H,8H2,1-2H3. The highest BCUT2D eigenvalue weighted by molar-refractivity contribution is 5.89. The maximum absolute atomic E-state index is 11.6. The van der Waals surface area contributed by atoms with Crippen molar-refractivity contribution >= 4 is 5.97 Å². The van der Waals surface area contributed by atoms with E-state index in [-0.39, 0.29) is 0 Å². The third-order valence-corrected chi connectivity index (χ3v) is 1.94. The molecule has 1 aromatic rings. The fourth-order valence-electron chi connectivity index (χ4n) is 1.21. The first-order valence-corrected chi connectivity index (χ1v) is 4.86. The van der Waals surface area contributed by atoms with E-state index in [4.69, 9.17) is 14.7 Å². The van der Waals surface area contributed by atoms with Crippen molar-refractivity contribution < 1.29 is 14.3 Å². The van der Waals surface area contributed by atoms with Gasteiger partial charge in [-0.2, -0.15) is 5.26 Å². The Balaban J connectivity index is 2.76. The number of hydrogen-bond acceptors (Lipinski definition) is 4. The van der Waals surface area contributed by atoms with E-state index >= 15 is 0 Å². The predicted octanol–water partition coefficient (Wildman–Crippen LogP) is 1.90. The fourth-order valence-corrected chi connectivity index (χ4v) is 1.21. The van der Waals surface area contributed by atoms with Crippen molar-refractivity contribution in [1.29, 1.82) is 5.26 Å². The summed E-state index contributed by atoms with van der Waals surface area (Å²) in [5, 5.41) is 8.52.